The summed E-state index contributed by atoms with van der Waals surface area (Å²) in [6.45, 7) is 0. The number of anilines is 1. The molecule has 6 heteroatoms. The van der Waals surface area contributed by atoms with E-state index in [0.717, 1.165) is 20.4 Å². The Morgan fingerprint density at radius 2 is 1.95 bits per heavy atom. The van der Waals surface area contributed by atoms with E-state index in [1.165, 1.54) is 11.3 Å². The average Bonchev–Trinajstić information content (AvgIpc) is 2.93. The van der Waals surface area contributed by atoms with E-state index in [-0.39, 0.29) is 5.71 Å². The molecule has 0 saturated carbocycles. The topological polar surface area (TPSA) is 61.1 Å². The van der Waals surface area contributed by atoms with Crippen molar-refractivity contribution in [3.05, 3.63) is 58.0 Å². The number of thiazole rings is 1. The third kappa shape index (κ3) is 2.94. The molecule has 3 aromatic rings. The fourth-order valence-electron chi connectivity index (χ4n) is 1.76. The Kier molecular flexibility index (Phi) is 3.95. The fourth-order valence-corrected chi connectivity index (χ4v) is 3.04. The number of rotatable bonds is 3. The lowest BCUT2D eigenvalue weighted by molar-refractivity contribution is 1.31. The van der Waals surface area contributed by atoms with Crippen LogP contribution in [-0.4, -0.2) is 10.7 Å². The summed E-state index contributed by atoms with van der Waals surface area (Å²) in [6.07, 6.45) is 0. The quantitative estimate of drug-likeness (QED) is 0.558. The van der Waals surface area contributed by atoms with Gasteiger partial charge in [0.2, 0.25) is 0 Å². The number of para-hydroxylation sites is 2. The Hall–Kier alpha value is -2.23. The molecule has 0 radical (unpaired) electrons. The van der Waals surface area contributed by atoms with E-state index in [9.17, 15) is 5.26 Å². The standard InChI is InChI=1S/C15H9BrN4S/c16-10-5-1-2-6-11(10)19-20-13(9-17)15-18-12-7-3-4-8-14(12)21-15/h1-8,19H/b20-13+. The Balaban J connectivity index is 1.93. The van der Waals surface area contributed by atoms with E-state index in [4.69, 9.17) is 0 Å². The van der Waals surface area contributed by atoms with Crippen LogP contribution in [-0.2, 0) is 0 Å². The summed E-state index contributed by atoms with van der Waals surface area (Å²) in [5, 5.41) is 14.1. The first-order valence-electron chi connectivity index (χ1n) is 6.12. The van der Waals surface area contributed by atoms with E-state index in [1.807, 2.05) is 48.5 Å². The van der Waals surface area contributed by atoms with Crippen molar-refractivity contribution >= 4 is 48.9 Å². The number of nitriles is 1. The molecule has 0 saturated heterocycles. The van der Waals surface area contributed by atoms with Crippen LogP contribution in [0.1, 0.15) is 5.01 Å². The molecule has 0 aliphatic heterocycles. The van der Waals surface area contributed by atoms with Crippen LogP contribution in [0.5, 0.6) is 0 Å². The molecule has 1 heterocycles. The Morgan fingerprint density at radius 3 is 2.71 bits per heavy atom. The molecule has 1 N–H and O–H groups in total. The summed E-state index contributed by atoms with van der Waals surface area (Å²) in [5.41, 5.74) is 4.84. The van der Waals surface area contributed by atoms with Crippen LogP contribution in [0.4, 0.5) is 5.69 Å². The highest BCUT2D eigenvalue weighted by Gasteiger charge is 2.10. The van der Waals surface area contributed by atoms with Crippen LogP contribution < -0.4 is 5.43 Å². The maximum atomic E-state index is 9.29. The summed E-state index contributed by atoms with van der Waals surface area (Å²) in [7, 11) is 0. The van der Waals surface area contributed by atoms with Crippen molar-refractivity contribution in [2.45, 2.75) is 0 Å². The largest absolute Gasteiger partial charge is 0.276 e. The molecule has 102 valence electrons. The molecule has 3 rings (SSSR count). The highest BCUT2D eigenvalue weighted by Crippen LogP contribution is 2.23. The lowest BCUT2D eigenvalue weighted by Gasteiger charge is -2.02. The fraction of sp³-hybridized carbons (Fsp3) is 0. The zero-order chi connectivity index (χ0) is 14.7. The van der Waals surface area contributed by atoms with Gasteiger partial charge in [-0.25, -0.2) is 4.98 Å². The zero-order valence-corrected chi connectivity index (χ0v) is 13.1. The lowest BCUT2D eigenvalue weighted by atomic mass is 10.3. The minimum absolute atomic E-state index is 0.270. The maximum absolute atomic E-state index is 9.29. The second-order valence-corrected chi connectivity index (χ2v) is 6.04. The van der Waals surface area contributed by atoms with Crippen molar-refractivity contribution < 1.29 is 0 Å². The molecule has 0 aliphatic carbocycles. The molecular weight excluding hydrogens is 348 g/mol. The van der Waals surface area contributed by atoms with Gasteiger partial charge < -0.3 is 0 Å². The Labute approximate surface area is 133 Å². The molecule has 1 aromatic heterocycles. The van der Waals surface area contributed by atoms with Crippen molar-refractivity contribution in [1.29, 1.82) is 5.26 Å². The van der Waals surface area contributed by atoms with Gasteiger partial charge in [0.15, 0.2) is 10.7 Å². The summed E-state index contributed by atoms with van der Waals surface area (Å²) in [6, 6.07) is 17.5. The maximum Gasteiger partial charge on any atom is 0.196 e. The number of benzene rings is 2. The monoisotopic (exact) mass is 356 g/mol. The van der Waals surface area contributed by atoms with Gasteiger partial charge in [0.1, 0.15) is 6.07 Å². The van der Waals surface area contributed by atoms with Crippen LogP contribution in [0, 0.1) is 11.3 Å². The number of fused-ring (bicyclic) bond motifs is 1. The van der Waals surface area contributed by atoms with Crippen molar-refractivity contribution in [2.24, 2.45) is 5.10 Å². The molecule has 4 nitrogen and oxygen atoms in total. The molecular formula is C15H9BrN4S. The molecule has 0 amide bonds. The van der Waals surface area contributed by atoms with E-state index in [2.05, 4.69) is 37.5 Å². The average molecular weight is 357 g/mol. The van der Waals surface area contributed by atoms with Gasteiger partial charge in [0.25, 0.3) is 0 Å². The van der Waals surface area contributed by atoms with Crippen molar-refractivity contribution in [3.63, 3.8) is 0 Å². The summed E-state index contributed by atoms with van der Waals surface area (Å²) in [5.74, 6) is 0. The molecule has 0 unspecified atom stereocenters. The van der Waals surface area contributed by atoms with Crippen molar-refractivity contribution in [2.75, 3.05) is 5.43 Å². The van der Waals surface area contributed by atoms with Gasteiger partial charge in [0, 0.05) is 4.47 Å². The van der Waals surface area contributed by atoms with Gasteiger partial charge in [-0.3, -0.25) is 5.43 Å². The Morgan fingerprint density at radius 1 is 1.19 bits per heavy atom. The third-order valence-corrected chi connectivity index (χ3v) is 4.50. The van der Waals surface area contributed by atoms with Gasteiger partial charge in [0.05, 0.1) is 15.9 Å². The van der Waals surface area contributed by atoms with Gasteiger partial charge in [-0.15, -0.1) is 11.3 Å². The number of aromatic nitrogens is 1. The second kappa shape index (κ2) is 6.04. The number of hydrogen-bond donors (Lipinski definition) is 1. The van der Waals surface area contributed by atoms with E-state index in [0.29, 0.717) is 5.01 Å². The van der Waals surface area contributed by atoms with Crippen LogP contribution in [0.2, 0.25) is 0 Å². The normalized spacial score (nSPS) is 11.3. The number of halogens is 1. The molecule has 0 fully saturated rings. The second-order valence-electron chi connectivity index (χ2n) is 4.15. The van der Waals surface area contributed by atoms with Gasteiger partial charge in [-0.1, -0.05) is 24.3 Å². The van der Waals surface area contributed by atoms with Gasteiger partial charge in [-0.05, 0) is 40.2 Å². The SMILES string of the molecule is N#C/C(=N\Nc1ccccc1Br)c1nc2ccccc2s1. The molecule has 0 spiro atoms. The predicted octanol–water partition coefficient (Wildman–Crippen LogP) is 4.40. The van der Waals surface area contributed by atoms with Crippen molar-refractivity contribution in [1.82, 2.24) is 4.98 Å². The number of hydrogen-bond acceptors (Lipinski definition) is 5. The van der Waals surface area contributed by atoms with E-state index < -0.39 is 0 Å². The number of nitrogens with zero attached hydrogens (tertiary/aromatic N) is 3. The van der Waals surface area contributed by atoms with Crippen molar-refractivity contribution in [3.8, 4) is 6.07 Å². The minimum atomic E-state index is 0.270. The summed E-state index contributed by atoms with van der Waals surface area (Å²) in [4.78, 5) is 4.43. The minimum Gasteiger partial charge on any atom is -0.276 e. The van der Waals surface area contributed by atoms with Crippen LogP contribution in [0.15, 0.2) is 58.1 Å². The number of hydrazone groups is 1. The first-order valence-corrected chi connectivity index (χ1v) is 7.73. The van der Waals surface area contributed by atoms with Gasteiger partial charge >= 0.3 is 0 Å². The number of nitrogens with one attached hydrogen (secondary N) is 1. The van der Waals surface area contributed by atoms with Crippen LogP contribution in [0.3, 0.4) is 0 Å². The molecule has 0 bridgehead atoms. The summed E-state index contributed by atoms with van der Waals surface area (Å²) >= 11 is 4.88. The van der Waals surface area contributed by atoms with E-state index in [1.54, 1.807) is 0 Å². The first kappa shape index (κ1) is 13.7. The van der Waals surface area contributed by atoms with Gasteiger partial charge in [-0.2, -0.15) is 10.4 Å². The highest BCUT2D eigenvalue weighted by atomic mass is 79.9. The Bertz CT molecular complexity index is 830. The first-order chi connectivity index (χ1) is 10.3. The molecule has 2 aromatic carbocycles. The van der Waals surface area contributed by atoms with Crippen LogP contribution >= 0.6 is 27.3 Å². The predicted molar refractivity (Wildman–Crippen MR) is 89.5 cm³/mol. The highest BCUT2D eigenvalue weighted by molar-refractivity contribution is 9.10. The molecule has 21 heavy (non-hydrogen) atoms. The molecule has 0 atom stereocenters. The lowest BCUT2D eigenvalue weighted by Crippen LogP contribution is -2.01. The third-order valence-electron chi connectivity index (χ3n) is 2.76. The van der Waals surface area contributed by atoms with Crippen LogP contribution in [0.25, 0.3) is 10.2 Å². The summed E-state index contributed by atoms with van der Waals surface area (Å²) < 4.78 is 1.92. The smallest absolute Gasteiger partial charge is 0.196 e. The van der Waals surface area contributed by atoms with E-state index >= 15 is 0 Å². The zero-order valence-electron chi connectivity index (χ0n) is 10.7. The molecule has 0 aliphatic rings.